The molecular formula is C26H51N. The Morgan fingerprint density at radius 3 is 1.56 bits per heavy atom. The summed E-state index contributed by atoms with van der Waals surface area (Å²) in [6.07, 6.45) is 32.5. The lowest BCUT2D eigenvalue weighted by molar-refractivity contribution is 0.251. The molecule has 1 unspecified atom stereocenters. The van der Waals surface area contributed by atoms with E-state index in [0.717, 1.165) is 12.5 Å². The van der Waals surface area contributed by atoms with E-state index < -0.39 is 0 Å². The molecule has 0 aromatic carbocycles. The van der Waals surface area contributed by atoms with Crippen molar-refractivity contribution in [2.24, 2.45) is 0 Å². The lowest BCUT2D eigenvalue weighted by atomic mass is 10.00. The van der Waals surface area contributed by atoms with Crippen LogP contribution in [-0.4, -0.2) is 25.0 Å². The van der Waals surface area contributed by atoms with Crippen LogP contribution in [0.3, 0.4) is 0 Å². The summed E-state index contributed by atoms with van der Waals surface area (Å²) >= 11 is 0. The number of nitrogens with zero attached hydrogens (tertiary/aromatic N) is 1. The molecule has 0 saturated heterocycles. The summed E-state index contributed by atoms with van der Waals surface area (Å²) in [4.78, 5) is 2.45. The summed E-state index contributed by atoms with van der Waals surface area (Å²) in [5.74, 6) is 0. The predicted molar refractivity (Wildman–Crippen MR) is 126 cm³/mol. The minimum atomic E-state index is 0.805. The first-order chi connectivity index (χ1) is 13.2. The van der Waals surface area contributed by atoms with Crippen molar-refractivity contribution in [1.29, 1.82) is 0 Å². The molecule has 0 aliphatic heterocycles. The Labute approximate surface area is 172 Å². The standard InChI is InChI=1S/C26H51N/c1-5-7-9-11-12-13-14-15-16-17-18-19-20-21-23-25-26(27(3)4)24-22-10-8-6-2/h12-13,15-16,26H,5-11,14,17-25H2,1-4H3. The third-order valence-corrected chi connectivity index (χ3v) is 5.61. The highest BCUT2D eigenvalue weighted by Gasteiger charge is 2.10. The van der Waals surface area contributed by atoms with E-state index in [0.29, 0.717) is 0 Å². The van der Waals surface area contributed by atoms with Crippen LogP contribution in [0.4, 0.5) is 0 Å². The lowest BCUT2D eigenvalue weighted by Gasteiger charge is -2.24. The van der Waals surface area contributed by atoms with Crippen molar-refractivity contribution in [1.82, 2.24) is 4.90 Å². The molecule has 0 heterocycles. The zero-order valence-electron chi connectivity index (χ0n) is 19.4. The topological polar surface area (TPSA) is 3.24 Å². The Balaban J connectivity index is 3.47. The maximum Gasteiger partial charge on any atom is 0.00891 e. The van der Waals surface area contributed by atoms with E-state index in [9.17, 15) is 0 Å². The fourth-order valence-corrected chi connectivity index (χ4v) is 3.66. The summed E-state index contributed by atoms with van der Waals surface area (Å²) in [5.41, 5.74) is 0. The third-order valence-electron chi connectivity index (χ3n) is 5.61. The van der Waals surface area contributed by atoms with Crippen molar-refractivity contribution in [2.45, 2.75) is 129 Å². The van der Waals surface area contributed by atoms with Crippen LogP contribution in [0.15, 0.2) is 24.3 Å². The van der Waals surface area contributed by atoms with Gasteiger partial charge in [-0.15, -0.1) is 0 Å². The summed E-state index contributed by atoms with van der Waals surface area (Å²) < 4.78 is 0. The number of unbranched alkanes of at least 4 members (excludes halogenated alkanes) is 11. The van der Waals surface area contributed by atoms with Gasteiger partial charge in [-0.1, -0.05) is 102 Å². The molecule has 0 radical (unpaired) electrons. The summed E-state index contributed by atoms with van der Waals surface area (Å²) in [6, 6.07) is 0.805. The van der Waals surface area contributed by atoms with Gasteiger partial charge in [0.2, 0.25) is 0 Å². The second-order valence-electron chi connectivity index (χ2n) is 8.49. The highest BCUT2D eigenvalue weighted by Crippen LogP contribution is 2.16. The van der Waals surface area contributed by atoms with E-state index in [1.807, 2.05) is 0 Å². The average molecular weight is 378 g/mol. The molecule has 0 saturated carbocycles. The minimum absolute atomic E-state index is 0.805. The Bertz CT molecular complexity index is 329. The zero-order valence-corrected chi connectivity index (χ0v) is 19.4. The smallest absolute Gasteiger partial charge is 0.00891 e. The first kappa shape index (κ1) is 26.4. The van der Waals surface area contributed by atoms with Gasteiger partial charge in [-0.3, -0.25) is 0 Å². The maximum absolute atomic E-state index is 2.45. The number of allylic oxidation sites excluding steroid dienone is 4. The molecule has 0 aliphatic carbocycles. The van der Waals surface area contributed by atoms with Gasteiger partial charge < -0.3 is 4.90 Å². The van der Waals surface area contributed by atoms with Crippen molar-refractivity contribution in [3.8, 4) is 0 Å². The molecule has 0 N–H and O–H groups in total. The van der Waals surface area contributed by atoms with Gasteiger partial charge in [-0.25, -0.2) is 0 Å². The Hall–Kier alpha value is -0.560. The Kier molecular flexibility index (Phi) is 21.3. The summed E-state index contributed by atoms with van der Waals surface area (Å²) in [5, 5.41) is 0. The van der Waals surface area contributed by atoms with Gasteiger partial charge in [-0.2, -0.15) is 0 Å². The lowest BCUT2D eigenvalue weighted by Crippen LogP contribution is -2.27. The molecule has 0 amide bonds. The summed E-state index contributed by atoms with van der Waals surface area (Å²) in [6.45, 7) is 4.56. The monoisotopic (exact) mass is 377 g/mol. The van der Waals surface area contributed by atoms with E-state index in [4.69, 9.17) is 0 Å². The molecule has 0 aromatic rings. The van der Waals surface area contributed by atoms with E-state index in [1.165, 1.54) is 103 Å². The highest BCUT2D eigenvalue weighted by molar-refractivity contribution is 4.92. The van der Waals surface area contributed by atoms with Gasteiger partial charge in [0, 0.05) is 6.04 Å². The number of hydrogen-bond donors (Lipinski definition) is 0. The Morgan fingerprint density at radius 1 is 0.556 bits per heavy atom. The van der Waals surface area contributed by atoms with Gasteiger partial charge in [0.25, 0.3) is 0 Å². The molecular weight excluding hydrogens is 326 g/mol. The van der Waals surface area contributed by atoms with Crippen molar-refractivity contribution >= 4 is 0 Å². The Morgan fingerprint density at radius 2 is 1.00 bits per heavy atom. The number of hydrogen-bond acceptors (Lipinski definition) is 1. The molecule has 0 fully saturated rings. The minimum Gasteiger partial charge on any atom is -0.306 e. The molecule has 1 atom stereocenters. The van der Waals surface area contributed by atoms with E-state index >= 15 is 0 Å². The van der Waals surface area contributed by atoms with Crippen LogP contribution in [0.1, 0.15) is 123 Å². The van der Waals surface area contributed by atoms with E-state index in [1.54, 1.807) is 0 Å². The van der Waals surface area contributed by atoms with Crippen molar-refractivity contribution < 1.29 is 0 Å². The van der Waals surface area contributed by atoms with Crippen LogP contribution >= 0.6 is 0 Å². The zero-order chi connectivity index (χ0) is 20.0. The van der Waals surface area contributed by atoms with Gasteiger partial charge in [0.15, 0.2) is 0 Å². The van der Waals surface area contributed by atoms with Crippen molar-refractivity contribution in [3.05, 3.63) is 24.3 Å². The normalized spacial score (nSPS) is 13.4. The van der Waals surface area contributed by atoms with Crippen molar-refractivity contribution in [2.75, 3.05) is 14.1 Å². The predicted octanol–water partition coefficient (Wildman–Crippen LogP) is 8.70. The fourth-order valence-electron chi connectivity index (χ4n) is 3.66. The molecule has 0 bridgehead atoms. The van der Waals surface area contributed by atoms with Gasteiger partial charge in [-0.05, 0) is 59.0 Å². The molecule has 0 aliphatic rings. The molecule has 27 heavy (non-hydrogen) atoms. The largest absolute Gasteiger partial charge is 0.306 e. The number of rotatable bonds is 20. The highest BCUT2D eigenvalue weighted by atomic mass is 15.1. The molecule has 1 nitrogen and oxygen atoms in total. The van der Waals surface area contributed by atoms with Gasteiger partial charge in [0.1, 0.15) is 0 Å². The second-order valence-corrected chi connectivity index (χ2v) is 8.49. The third kappa shape index (κ3) is 20.0. The van der Waals surface area contributed by atoms with E-state index in [-0.39, 0.29) is 0 Å². The van der Waals surface area contributed by atoms with Crippen molar-refractivity contribution in [3.63, 3.8) is 0 Å². The first-order valence-electron chi connectivity index (χ1n) is 12.2. The molecule has 0 rings (SSSR count). The van der Waals surface area contributed by atoms with Crippen LogP contribution < -0.4 is 0 Å². The van der Waals surface area contributed by atoms with Crippen LogP contribution in [0.5, 0.6) is 0 Å². The molecule has 1 heteroatoms. The molecule has 0 aromatic heterocycles. The van der Waals surface area contributed by atoms with Gasteiger partial charge in [0.05, 0.1) is 0 Å². The van der Waals surface area contributed by atoms with Crippen LogP contribution in [0.25, 0.3) is 0 Å². The molecule has 0 spiro atoms. The summed E-state index contributed by atoms with van der Waals surface area (Å²) in [7, 11) is 4.52. The van der Waals surface area contributed by atoms with E-state index in [2.05, 4.69) is 57.1 Å². The van der Waals surface area contributed by atoms with Crippen LogP contribution in [-0.2, 0) is 0 Å². The SMILES string of the molecule is CCCCCC=CCC=CCCCCCCCC(CCCCCC)N(C)C. The first-order valence-corrected chi connectivity index (χ1v) is 12.2. The van der Waals surface area contributed by atoms with Gasteiger partial charge >= 0.3 is 0 Å². The average Bonchev–Trinajstić information content (AvgIpc) is 2.66. The fraction of sp³-hybridized carbons (Fsp3) is 0.846. The quantitative estimate of drug-likeness (QED) is 0.151. The van der Waals surface area contributed by atoms with Crippen LogP contribution in [0.2, 0.25) is 0 Å². The maximum atomic E-state index is 2.45. The molecule has 160 valence electrons. The second kappa shape index (κ2) is 21.7. The van der Waals surface area contributed by atoms with Crippen LogP contribution in [0, 0.1) is 0 Å².